The Morgan fingerprint density at radius 3 is 2.62 bits per heavy atom. The van der Waals surface area contributed by atoms with Crippen LogP contribution in [0, 0.1) is 11.6 Å². The molecule has 0 spiro atoms. The van der Waals surface area contributed by atoms with E-state index in [4.69, 9.17) is 0 Å². The molecule has 118 valence electrons. The zero-order valence-electron chi connectivity index (χ0n) is 12.6. The monoisotopic (exact) mass is 321 g/mol. The number of aromatic nitrogens is 2. The molecule has 0 fully saturated rings. The van der Waals surface area contributed by atoms with E-state index in [1.807, 2.05) is 30.5 Å². The normalized spacial score (nSPS) is 10.9. The second-order valence-electron chi connectivity index (χ2n) is 5.41. The van der Waals surface area contributed by atoms with E-state index in [2.05, 4.69) is 15.3 Å². The van der Waals surface area contributed by atoms with E-state index in [9.17, 15) is 8.78 Å². The number of H-pyrrole nitrogens is 1. The molecule has 0 bridgehead atoms. The summed E-state index contributed by atoms with van der Waals surface area (Å²) in [5.74, 6) is -1.11. The molecule has 5 heteroatoms. The number of anilines is 2. The number of hydrogen-bond donors (Lipinski definition) is 2. The Kier molecular flexibility index (Phi) is 3.46. The van der Waals surface area contributed by atoms with E-state index in [1.54, 1.807) is 12.1 Å². The van der Waals surface area contributed by atoms with Crippen LogP contribution in [-0.4, -0.2) is 9.97 Å². The van der Waals surface area contributed by atoms with Gasteiger partial charge < -0.3 is 10.3 Å². The minimum atomic E-state index is -0.867. The number of fused-ring (bicyclic) bond motifs is 1. The van der Waals surface area contributed by atoms with Crippen molar-refractivity contribution in [2.24, 2.45) is 0 Å². The van der Waals surface area contributed by atoms with Gasteiger partial charge in [0.2, 0.25) is 0 Å². The van der Waals surface area contributed by atoms with Gasteiger partial charge in [0.25, 0.3) is 0 Å². The number of aromatic amines is 1. The summed E-state index contributed by atoms with van der Waals surface area (Å²) in [5, 5.41) is 4.32. The van der Waals surface area contributed by atoms with Gasteiger partial charge in [-0.25, -0.2) is 13.8 Å². The first kappa shape index (κ1) is 14.4. The molecule has 0 radical (unpaired) electrons. The highest BCUT2D eigenvalue weighted by molar-refractivity contribution is 5.92. The first-order valence-electron chi connectivity index (χ1n) is 7.46. The van der Waals surface area contributed by atoms with Gasteiger partial charge in [0.15, 0.2) is 11.6 Å². The van der Waals surface area contributed by atoms with Crippen molar-refractivity contribution >= 4 is 22.4 Å². The molecule has 0 unspecified atom stereocenters. The van der Waals surface area contributed by atoms with Crippen LogP contribution in [0.3, 0.4) is 0 Å². The minimum absolute atomic E-state index is 0.195. The van der Waals surface area contributed by atoms with E-state index >= 15 is 0 Å². The maximum Gasteiger partial charge on any atom is 0.166 e. The Morgan fingerprint density at radius 1 is 0.917 bits per heavy atom. The van der Waals surface area contributed by atoms with Gasteiger partial charge in [0.05, 0.1) is 11.2 Å². The number of nitrogens with one attached hydrogen (secondary N) is 2. The van der Waals surface area contributed by atoms with Crippen LogP contribution < -0.4 is 5.32 Å². The van der Waals surface area contributed by atoms with Gasteiger partial charge in [-0.3, -0.25) is 0 Å². The molecule has 2 aromatic carbocycles. The second kappa shape index (κ2) is 5.77. The molecule has 0 saturated carbocycles. The zero-order valence-corrected chi connectivity index (χ0v) is 12.6. The maximum absolute atomic E-state index is 13.9. The van der Waals surface area contributed by atoms with Gasteiger partial charge in [0, 0.05) is 28.9 Å². The van der Waals surface area contributed by atoms with Crippen molar-refractivity contribution < 1.29 is 8.78 Å². The number of rotatable bonds is 3. The number of nitrogens with zero attached hydrogens (tertiary/aromatic N) is 1. The van der Waals surface area contributed by atoms with Gasteiger partial charge in [-0.05, 0) is 30.3 Å². The van der Waals surface area contributed by atoms with Crippen molar-refractivity contribution in [3.63, 3.8) is 0 Å². The first-order chi connectivity index (χ1) is 11.7. The van der Waals surface area contributed by atoms with Crippen molar-refractivity contribution in [1.29, 1.82) is 0 Å². The summed E-state index contributed by atoms with van der Waals surface area (Å²) in [7, 11) is 0. The van der Waals surface area contributed by atoms with Crippen LogP contribution in [0.5, 0.6) is 0 Å². The topological polar surface area (TPSA) is 40.7 Å². The maximum atomic E-state index is 13.9. The lowest BCUT2D eigenvalue weighted by atomic mass is 10.1. The predicted molar refractivity (Wildman–Crippen MR) is 91.2 cm³/mol. The fourth-order valence-corrected chi connectivity index (χ4v) is 2.68. The quantitative estimate of drug-likeness (QED) is 0.541. The third kappa shape index (κ3) is 2.50. The Balaban J connectivity index is 1.65. The zero-order chi connectivity index (χ0) is 16.5. The molecule has 0 aliphatic rings. The molecule has 24 heavy (non-hydrogen) atoms. The molecule has 2 aromatic heterocycles. The average Bonchev–Trinajstić information content (AvgIpc) is 3.08. The van der Waals surface area contributed by atoms with Gasteiger partial charge in [0.1, 0.15) is 5.82 Å². The lowest BCUT2D eigenvalue weighted by Gasteiger charge is -2.08. The number of pyridine rings is 1. The number of para-hydroxylation sites is 1. The predicted octanol–water partition coefficient (Wildman–Crippen LogP) is 5.25. The van der Waals surface area contributed by atoms with Crippen molar-refractivity contribution in [3.05, 3.63) is 78.6 Å². The summed E-state index contributed by atoms with van der Waals surface area (Å²) >= 11 is 0. The molecule has 2 N–H and O–H groups in total. The Hall–Kier alpha value is -3.21. The van der Waals surface area contributed by atoms with E-state index in [1.165, 1.54) is 18.3 Å². The summed E-state index contributed by atoms with van der Waals surface area (Å²) in [6.45, 7) is 0. The van der Waals surface area contributed by atoms with E-state index in [-0.39, 0.29) is 5.56 Å². The van der Waals surface area contributed by atoms with Crippen LogP contribution >= 0.6 is 0 Å². The molecular formula is C19H13F2N3. The van der Waals surface area contributed by atoms with Crippen LogP contribution in [0.2, 0.25) is 0 Å². The van der Waals surface area contributed by atoms with Gasteiger partial charge in [-0.1, -0.05) is 24.3 Å². The Bertz CT molecular complexity index is 1010. The van der Waals surface area contributed by atoms with Crippen LogP contribution in [0.25, 0.3) is 22.0 Å². The Labute approximate surface area is 137 Å². The van der Waals surface area contributed by atoms with E-state index < -0.39 is 11.6 Å². The summed E-state index contributed by atoms with van der Waals surface area (Å²) in [5.41, 5.74) is 2.60. The van der Waals surface area contributed by atoms with E-state index in [0.29, 0.717) is 11.4 Å². The summed E-state index contributed by atoms with van der Waals surface area (Å²) in [6, 6.07) is 15.5. The third-order valence-electron chi connectivity index (χ3n) is 3.88. The smallest absolute Gasteiger partial charge is 0.166 e. The molecular weight excluding hydrogens is 308 g/mol. The standard InChI is InChI=1S/C19H13F2N3/c20-15-5-2-4-14(18(15)21)13-7-8-17(23-11-13)24-16-6-1-3-12-9-10-22-19(12)16/h1-11,22H,(H,23,24). The fraction of sp³-hybridized carbons (Fsp3) is 0. The van der Waals surface area contributed by atoms with Crippen LogP contribution in [0.15, 0.2) is 67.0 Å². The highest BCUT2D eigenvalue weighted by Crippen LogP contribution is 2.27. The first-order valence-corrected chi connectivity index (χ1v) is 7.46. The molecule has 0 amide bonds. The molecule has 0 aliphatic heterocycles. The molecule has 0 saturated heterocycles. The van der Waals surface area contributed by atoms with Crippen LogP contribution in [-0.2, 0) is 0 Å². The number of halogens is 2. The molecule has 0 aliphatic carbocycles. The highest BCUT2D eigenvalue weighted by atomic mass is 19.2. The SMILES string of the molecule is Fc1cccc(-c2ccc(Nc3cccc4cc[nH]c34)nc2)c1F. The molecule has 4 rings (SSSR count). The lowest BCUT2D eigenvalue weighted by molar-refractivity contribution is 0.511. The van der Waals surface area contributed by atoms with Crippen molar-refractivity contribution in [2.45, 2.75) is 0 Å². The summed E-state index contributed by atoms with van der Waals surface area (Å²) in [6.07, 6.45) is 3.40. The molecule has 3 nitrogen and oxygen atoms in total. The highest BCUT2D eigenvalue weighted by Gasteiger charge is 2.10. The van der Waals surface area contributed by atoms with Gasteiger partial charge >= 0.3 is 0 Å². The van der Waals surface area contributed by atoms with Crippen molar-refractivity contribution in [2.75, 3.05) is 5.32 Å². The van der Waals surface area contributed by atoms with Crippen LogP contribution in [0.1, 0.15) is 0 Å². The average molecular weight is 321 g/mol. The van der Waals surface area contributed by atoms with Crippen LogP contribution in [0.4, 0.5) is 20.3 Å². The summed E-state index contributed by atoms with van der Waals surface area (Å²) < 4.78 is 27.2. The largest absolute Gasteiger partial charge is 0.359 e. The number of benzene rings is 2. The molecule has 2 heterocycles. The molecule has 4 aromatic rings. The third-order valence-corrected chi connectivity index (χ3v) is 3.88. The molecule has 0 atom stereocenters. The lowest BCUT2D eigenvalue weighted by Crippen LogP contribution is -1.95. The van der Waals surface area contributed by atoms with Gasteiger partial charge in [-0.15, -0.1) is 0 Å². The number of hydrogen-bond acceptors (Lipinski definition) is 2. The Morgan fingerprint density at radius 2 is 1.79 bits per heavy atom. The van der Waals surface area contributed by atoms with Crippen molar-refractivity contribution in [1.82, 2.24) is 9.97 Å². The summed E-state index contributed by atoms with van der Waals surface area (Å²) in [4.78, 5) is 7.48. The van der Waals surface area contributed by atoms with E-state index in [0.717, 1.165) is 22.7 Å². The minimum Gasteiger partial charge on any atom is -0.359 e. The van der Waals surface area contributed by atoms with Crippen molar-refractivity contribution in [3.8, 4) is 11.1 Å². The fourth-order valence-electron chi connectivity index (χ4n) is 2.68. The second-order valence-corrected chi connectivity index (χ2v) is 5.41. The van der Waals surface area contributed by atoms with Gasteiger partial charge in [-0.2, -0.15) is 0 Å².